The fourth-order valence-corrected chi connectivity index (χ4v) is 1.86. The van der Waals surface area contributed by atoms with E-state index in [1.807, 2.05) is 18.2 Å². The van der Waals surface area contributed by atoms with Crippen LogP contribution in [-0.2, 0) is 11.5 Å². The maximum Gasteiger partial charge on any atom is 0.118 e. The Morgan fingerprint density at radius 1 is 1.13 bits per heavy atom. The van der Waals surface area contributed by atoms with Gasteiger partial charge in [0.15, 0.2) is 0 Å². The van der Waals surface area contributed by atoms with Crippen LogP contribution in [0.4, 0.5) is 0 Å². The lowest BCUT2D eigenvalue weighted by Crippen LogP contribution is -2.00. The summed E-state index contributed by atoms with van der Waals surface area (Å²) in [6.45, 7) is 4.25. The van der Waals surface area contributed by atoms with E-state index in [2.05, 4.69) is 19.9 Å². The highest BCUT2D eigenvalue weighted by Crippen LogP contribution is 2.23. The van der Waals surface area contributed by atoms with Crippen molar-refractivity contribution in [3.05, 3.63) is 35.4 Å². The van der Waals surface area contributed by atoms with Crippen LogP contribution in [0.15, 0.2) is 24.3 Å². The molecule has 1 heteroatoms. The molecule has 0 heterocycles. The van der Waals surface area contributed by atoms with Gasteiger partial charge in [0, 0.05) is 0 Å². The quantitative estimate of drug-likeness (QED) is 0.660. The van der Waals surface area contributed by atoms with Crippen molar-refractivity contribution in [2.24, 2.45) is 0 Å². The van der Waals surface area contributed by atoms with Crippen molar-refractivity contribution in [3.8, 4) is 0 Å². The molecule has 1 aromatic carbocycles. The molecule has 0 amide bonds. The van der Waals surface area contributed by atoms with Gasteiger partial charge in [0.1, 0.15) is 6.10 Å². The van der Waals surface area contributed by atoms with Crippen LogP contribution >= 0.6 is 0 Å². The summed E-state index contributed by atoms with van der Waals surface area (Å²) in [6, 6.07) is 8.11. The third-order valence-electron chi connectivity index (χ3n) is 2.75. The molecule has 0 bridgehead atoms. The Morgan fingerprint density at radius 3 is 2.53 bits per heavy atom. The third-order valence-corrected chi connectivity index (χ3v) is 2.75. The molecular formula is C14H21O. The maximum atomic E-state index is 11.9. The van der Waals surface area contributed by atoms with E-state index in [0.29, 0.717) is 0 Å². The Hall–Kier alpha value is -0.820. The lowest BCUT2D eigenvalue weighted by atomic mass is 9.96. The molecule has 0 fully saturated rings. The molecule has 1 rings (SSSR count). The minimum Gasteiger partial charge on any atom is -0.228 e. The van der Waals surface area contributed by atoms with E-state index in [1.165, 1.54) is 18.4 Å². The Balaban J connectivity index is 2.75. The highest BCUT2D eigenvalue weighted by molar-refractivity contribution is 5.29. The standard InChI is InChI=1S/C14H21O/c1-3-5-9-12-10-6-7-11-13(12)14(15)8-4-2/h6-7,10-11,14H,3-5,8-9H2,1-2H3. The first-order chi connectivity index (χ1) is 7.29. The van der Waals surface area contributed by atoms with Crippen LogP contribution in [0.25, 0.3) is 0 Å². The Labute approximate surface area is 93.1 Å². The van der Waals surface area contributed by atoms with Crippen molar-refractivity contribution in [2.75, 3.05) is 0 Å². The average Bonchev–Trinajstić information content (AvgIpc) is 2.27. The van der Waals surface area contributed by atoms with Crippen molar-refractivity contribution >= 4 is 0 Å². The van der Waals surface area contributed by atoms with E-state index in [9.17, 15) is 5.11 Å². The SMILES string of the molecule is CCCCc1ccccc1C([O])CCC. The summed E-state index contributed by atoms with van der Waals surface area (Å²) in [7, 11) is 0. The lowest BCUT2D eigenvalue weighted by molar-refractivity contribution is 0.0797. The molecule has 0 saturated heterocycles. The van der Waals surface area contributed by atoms with Gasteiger partial charge in [0.2, 0.25) is 0 Å². The Morgan fingerprint density at radius 2 is 1.87 bits per heavy atom. The zero-order valence-corrected chi connectivity index (χ0v) is 9.83. The molecule has 15 heavy (non-hydrogen) atoms. The molecule has 0 aliphatic carbocycles. The zero-order chi connectivity index (χ0) is 11.1. The summed E-state index contributed by atoms with van der Waals surface area (Å²) >= 11 is 0. The molecule has 0 aliphatic rings. The molecule has 1 atom stereocenters. The summed E-state index contributed by atoms with van der Waals surface area (Å²) in [4.78, 5) is 0. The predicted octanol–water partition coefficient (Wildman–Crippen LogP) is 4.30. The molecule has 0 saturated carbocycles. The molecule has 1 aromatic rings. The largest absolute Gasteiger partial charge is 0.228 e. The highest BCUT2D eigenvalue weighted by Gasteiger charge is 2.11. The highest BCUT2D eigenvalue weighted by atomic mass is 16.3. The Kier molecular flexibility index (Phi) is 5.41. The third kappa shape index (κ3) is 3.67. The van der Waals surface area contributed by atoms with Crippen molar-refractivity contribution in [1.82, 2.24) is 0 Å². The summed E-state index contributed by atoms with van der Waals surface area (Å²) in [5.41, 5.74) is 2.28. The molecule has 0 spiro atoms. The molecule has 0 aliphatic heterocycles. The first-order valence-electron chi connectivity index (χ1n) is 6.03. The summed E-state index contributed by atoms with van der Waals surface area (Å²) in [5, 5.41) is 11.9. The van der Waals surface area contributed by atoms with E-state index in [-0.39, 0.29) is 0 Å². The van der Waals surface area contributed by atoms with Crippen molar-refractivity contribution in [1.29, 1.82) is 0 Å². The van der Waals surface area contributed by atoms with Crippen LogP contribution in [0.2, 0.25) is 0 Å². The van der Waals surface area contributed by atoms with Crippen LogP contribution in [0, 0.1) is 0 Å². The number of benzene rings is 1. The fourth-order valence-electron chi connectivity index (χ4n) is 1.86. The first-order valence-corrected chi connectivity index (χ1v) is 6.03. The number of hydrogen-bond acceptors (Lipinski definition) is 0. The topological polar surface area (TPSA) is 19.9 Å². The zero-order valence-electron chi connectivity index (χ0n) is 9.83. The van der Waals surface area contributed by atoms with Gasteiger partial charge in [0.25, 0.3) is 0 Å². The van der Waals surface area contributed by atoms with Gasteiger partial charge in [-0.05, 0) is 30.4 Å². The summed E-state index contributed by atoms with van der Waals surface area (Å²) in [5.74, 6) is 0. The van der Waals surface area contributed by atoms with Gasteiger partial charge in [-0.15, -0.1) is 0 Å². The number of unbranched alkanes of at least 4 members (excludes halogenated alkanes) is 1. The minimum atomic E-state index is -0.525. The van der Waals surface area contributed by atoms with E-state index in [4.69, 9.17) is 0 Å². The van der Waals surface area contributed by atoms with E-state index >= 15 is 0 Å². The fraction of sp³-hybridized carbons (Fsp3) is 0.571. The molecule has 0 aromatic heterocycles. The van der Waals surface area contributed by atoms with Crippen molar-refractivity contribution < 1.29 is 5.11 Å². The molecule has 0 N–H and O–H groups in total. The second-order valence-corrected chi connectivity index (χ2v) is 4.08. The normalized spacial score (nSPS) is 12.7. The van der Waals surface area contributed by atoms with Gasteiger partial charge in [-0.2, -0.15) is 0 Å². The van der Waals surface area contributed by atoms with Crippen molar-refractivity contribution in [2.45, 2.75) is 52.1 Å². The predicted molar refractivity (Wildman–Crippen MR) is 63.4 cm³/mol. The summed E-state index contributed by atoms with van der Waals surface area (Å²) in [6.07, 6.45) is 4.61. The molecular weight excluding hydrogens is 184 g/mol. The van der Waals surface area contributed by atoms with E-state index in [1.54, 1.807) is 0 Å². The molecule has 1 nitrogen and oxygen atoms in total. The summed E-state index contributed by atoms with van der Waals surface area (Å²) < 4.78 is 0. The van der Waals surface area contributed by atoms with Gasteiger partial charge >= 0.3 is 0 Å². The smallest absolute Gasteiger partial charge is 0.118 e. The monoisotopic (exact) mass is 205 g/mol. The minimum absolute atomic E-state index is 0.525. The van der Waals surface area contributed by atoms with Crippen LogP contribution in [0.5, 0.6) is 0 Å². The van der Waals surface area contributed by atoms with Gasteiger partial charge in [-0.25, -0.2) is 5.11 Å². The number of hydrogen-bond donors (Lipinski definition) is 0. The molecule has 83 valence electrons. The first kappa shape index (κ1) is 12.3. The van der Waals surface area contributed by atoms with Gasteiger partial charge in [-0.3, -0.25) is 0 Å². The molecule has 1 unspecified atom stereocenters. The second kappa shape index (κ2) is 6.62. The number of aryl methyl sites for hydroxylation is 1. The van der Waals surface area contributed by atoms with E-state index in [0.717, 1.165) is 24.8 Å². The average molecular weight is 205 g/mol. The lowest BCUT2D eigenvalue weighted by Gasteiger charge is -2.12. The maximum absolute atomic E-state index is 11.9. The van der Waals surface area contributed by atoms with Gasteiger partial charge in [0.05, 0.1) is 0 Å². The van der Waals surface area contributed by atoms with Crippen LogP contribution in [0.3, 0.4) is 0 Å². The van der Waals surface area contributed by atoms with Gasteiger partial charge in [-0.1, -0.05) is 51.0 Å². The van der Waals surface area contributed by atoms with Gasteiger partial charge < -0.3 is 0 Å². The number of rotatable bonds is 6. The molecule has 1 radical (unpaired) electrons. The van der Waals surface area contributed by atoms with Crippen LogP contribution < -0.4 is 0 Å². The van der Waals surface area contributed by atoms with Crippen LogP contribution in [-0.4, -0.2) is 0 Å². The van der Waals surface area contributed by atoms with E-state index < -0.39 is 6.10 Å². The van der Waals surface area contributed by atoms with Crippen molar-refractivity contribution in [3.63, 3.8) is 0 Å². The van der Waals surface area contributed by atoms with Crippen LogP contribution in [0.1, 0.15) is 56.8 Å². The Bertz CT molecular complexity index is 280. The second-order valence-electron chi connectivity index (χ2n) is 4.08.